The lowest BCUT2D eigenvalue weighted by atomic mass is 10.1. The van der Waals surface area contributed by atoms with Gasteiger partial charge in [0.2, 0.25) is 0 Å². The van der Waals surface area contributed by atoms with Gasteiger partial charge in [-0.2, -0.15) is 12.7 Å². The van der Waals surface area contributed by atoms with E-state index in [1.165, 1.54) is 15.6 Å². The van der Waals surface area contributed by atoms with Crippen LogP contribution >= 0.6 is 11.3 Å². The molecule has 2 atom stereocenters. The topological polar surface area (TPSA) is 82.5 Å². The minimum atomic E-state index is -3.55. The van der Waals surface area contributed by atoms with Gasteiger partial charge in [-0.15, -0.1) is 11.3 Å². The van der Waals surface area contributed by atoms with E-state index in [1.54, 1.807) is 12.3 Å². The van der Waals surface area contributed by atoms with Crippen LogP contribution in [0.1, 0.15) is 44.9 Å². The fourth-order valence-electron chi connectivity index (χ4n) is 2.12. The highest BCUT2D eigenvalue weighted by molar-refractivity contribution is 7.90. The van der Waals surface area contributed by atoms with Gasteiger partial charge in [0.25, 0.3) is 0 Å². The van der Waals surface area contributed by atoms with Gasteiger partial charge in [0.05, 0.1) is 11.8 Å². The maximum Gasteiger partial charge on any atom is 0.303 e. The van der Waals surface area contributed by atoms with Crippen LogP contribution in [0.4, 0.5) is 5.13 Å². The summed E-state index contributed by atoms with van der Waals surface area (Å²) in [4.78, 5) is 4.07. The number of piperidine rings is 1. The molecule has 0 amide bonds. The van der Waals surface area contributed by atoms with Crippen molar-refractivity contribution in [1.29, 1.82) is 0 Å². The summed E-state index contributed by atoms with van der Waals surface area (Å²) in [5.41, 5.74) is 0.481. The summed E-state index contributed by atoms with van der Waals surface area (Å²) in [5, 5.41) is 11.3. The van der Waals surface area contributed by atoms with Crippen molar-refractivity contribution in [1.82, 2.24) is 9.29 Å². The average molecular weight is 305 g/mol. The van der Waals surface area contributed by atoms with Crippen LogP contribution in [-0.2, 0) is 10.2 Å². The molecule has 0 saturated carbocycles. The van der Waals surface area contributed by atoms with Gasteiger partial charge in [-0.25, -0.2) is 9.71 Å². The number of nitrogens with zero attached hydrogens (tertiary/aromatic N) is 2. The molecule has 2 N–H and O–H groups in total. The van der Waals surface area contributed by atoms with E-state index >= 15 is 0 Å². The molecular formula is C11H19N3O3S2. The second-order valence-electron chi connectivity index (χ2n) is 4.82. The molecule has 8 heteroatoms. The van der Waals surface area contributed by atoms with E-state index in [-0.39, 0.29) is 6.04 Å². The monoisotopic (exact) mass is 305 g/mol. The molecule has 1 fully saturated rings. The van der Waals surface area contributed by atoms with Crippen molar-refractivity contribution in [2.24, 2.45) is 0 Å². The molecule has 0 spiro atoms. The molecule has 0 radical (unpaired) electrons. The Balaban J connectivity index is 2.11. The molecule has 0 aliphatic carbocycles. The number of rotatable bonds is 4. The number of hydrogen-bond acceptors (Lipinski definition) is 5. The minimum Gasteiger partial charge on any atom is -0.387 e. The van der Waals surface area contributed by atoms with Crippen LogP contribution in [0.15, 0.2) is 5.38 Å². The Morgan fingerprint density at radius 1 is 1.58 bits per heavy atom. The molecule has 1 aromatic heterocycles. The first-order chi connectivity index (χ1) is 8.90. The number of aliphatic hydroxyl groups excluding tert-OH is 1. The first-order valence-electron chi connectivity index (χ1n) is 6.33. The second-order valence-corrected chi connectivity index (χ2v) is 7.30. The zero-order valence-electron chi connectivity index (χ0n) is 11.0. The molecule has 2 rings (SSSR count). The van der Waals surface area contributed by atoms with E-state index < -0.39 is 16.3 Å². The number of hydrogen-bond donors (Lipinski definition) is 2. The van der Waals surface area contributed by atoms with Gasteiger partial charge in [0, 0.05) is 18.0 Å². The van der Waals surface area contributed by atoms with Crippen molar-refractivity contribution >= 4 is 26.7 Å². The van der Waals surface area contributed by atoms with Crippen molar-refractivity contribution in [3.8, 4) is 0 Å². The Morgan fingerprint density at radius 3 is 2.89 bits per heavy atom. The highest BCUT2D eigenvalue weighted by atomic mass is 32.2. The minimum absolute atomic E-state index is 0.0162. The SMILES string of the molecule is CC(O)c1csc(NS(=O)(=O)N2CCCCC2C)n1. The van der Waals surface area contributed by atoms with Crippen molar-refractivity contribution in [3.63, 3.8) is 0 Å². The normalized spacial score (nSPS) is 23.2. The van der Waals surface area contributed by atoms with Crippen molar-refractivity contribution in [2.75, 3.05) is 11.3 Å². The Bertz CT molecular complexity index is 527. The zero-order valence-corrected chi connectivity index (χ0v) is 12.7. The average Bonchev–Trinajstić information content (AvgIpc) is 2.77. The maximum atomic E-state index is 12.3. The number of nitrogens with one attached hydrogen (secondary N) is 1. The van der Waals surface area contributed by atoms with Crippen LogP contribution < -0.4 is 4.72 Å². The standard InChI is InChI=1S/C11H19N3O3S2/c1-8-5-3-4-6-14(8)19(16,17)13-11-12-10(7-18-11)9(2)15/h7-9,15H,3-6H2,1-2H3,(H,12,13). The summed E-state index contributed by atoms with van der Waals surface area (Å²) in [6.07, 6.45) is 2.15. The molecule has 1 aliphatic rings. The molecule has 0 bridgehead atoms. The van der Waals surface area contributed by atoms with E-state index in [0.717, 1.165) is 19.3 Å². The molecular weight excluding hydrogens is 286 g/mol. The Morgan fingerprint density at radius 2 is 2.32 bits per heavy atom. The summed E-state index contributed by atoms with van der Waals surface area (Å²) in [7, 11) is -3.55. The smallest absolute Gasteiger partial charge is 0.303 e. The van der Waals surface area contributed by atoms with Crippen molar-refractivity contribution < 1.29 is 13.5 Å². The predicted molar refractivity (Wildman–Crippen MR) is 75.3 cm³/mol. The molecule has 0 aromatic carbocycles. The van der Waals surface area contributed by atoms with Crippen LogP contribution in [0.25, 0.3) is 0 Å². The predicted octanol–water partition coefficient (Wildman–Crippen LogP) is 1.73. The number of aliphatic hydroxyl groups is 1. The van der Waals surface area contributed by atoms with Gasteiger partial charge >= 0.3 is 10.2 Å². The quantitative estimate of drug-likeness (QED) is 0.887. The van der Waals surface area contributed by atoms with Gasteiger partial charge < -0.3 is 5.11 Å². The van der Waals surface area contributed by atoms with Crippen LogP contribution in [0.3, 0.4) is 0 Å². The molecule has 19 heavy (non-hydrogen) atoms. The van der Waals surface area contributed by atoms with Crippen LogP contribution in [0, 0.1) is 0 Å². The highest BCUT2D eigenvalue weighted by Crippen LogP contribution is 2.25. The lowest BCUT2D eigenvalue weighted by molar-refractivity contribution is 0.195. The molecule has 2 heterocycles. The summed E-state index contributed by atoms with van der Waals surface area (Å²) < 4.78 is 28.5. The van der Waals surface area contributed by atoms with Gasteiger partial charge in [-0.05, 0) is 26.7 Å². The van der Waals surface area contributed by atoms with E-state index in [2.05, 4.69) is 9.71 Å². The largest absolute Gasteiger partial charge is 0.387 e. The number of aromatic nitrogens is 1. The Hall–Kier alpha value is -0.700. The van der Waals surface area contributed by atoms with Crippen molar-refractivity contribution in [3.05, 3.63) is 11.1 Å². The fraction of sp³-hybridized carbons (Fsp3) is 0.727. The first kappa shape index (κ1) is 14.7. The van der Waals surface area contributed by atoms with E-state index in [1.807, 2.05) is 6.92 Å². The molecule has 108 valence electrons. The third-order valence-electron chi connectivity index (χ3n) is 3.22. The van der Waals surface area contributed by atoms with E-state index in [0.29, 0.717) is 17.4 Å². The Labute approximate surface area is 117 Å². The van der Waals surface area contributed by atoms with Gasteiger partial charge in [0.15, 0.2) is 5.13 Å². The van der Waals surface area contributed by atoms with Gasteiger partial charge in [-0.1, -0.05) is 6.42 Å². The van der Waals surface area contributed by atoms with E-state index in [4.69, 9.17) is 0 Å². The molecule has 1 aliphatic heterocycles. The number of thiazole rings is 1. The Kier molecular flexibility index (Phi) is 4.44. The van der Waals surface area contributed by atoms with E-state index in [9.17, 15) is 13.5 Å². The first-order valence-corrected chi connectivity index (χ1v) is 8.65. The van der Waals surface area contributed by atoms with Crippen LogP contribution in [0.5, 0.6) is 0 Å². The lowest BCUT2D eigenvalue weighted by Crippen LogP contribution is -2.44. The van der Waals surface area contributed by atoms with Gasteiger partial charge in [-0.3, -0.25) is 0 Å². The second kappa shape index (κ2) is 5.74. The third-order valence-corrected chi connectivity index (χ3v) is 5.73. The van der Waals surface area contributed by atoms with Gasteiger partial charge in [0.1, 0.15) is 0 Å². The summed E-state index contributed by atoms with van der Waals surface area (Å²) >= 11 is 1.18. The molecule has 1 aromatic rings. The van der Waals surface area contributed by atoms with Crippen LogP contribution in [-0.4, -0.2) is 35.4 Å². The molecule has 6 nitrogen and oxygen atoms in total. The maximum absolute atomic E-state index is 12.3. The lowest BCUT2D eigenvalue weighted by Gasteiger charge is -2.31. The summed E-state index contributed by atoms with van der Waals surface area (Å²) in [6, 6.07) is 0.0162. The fourth-order valence-corrected chi connectivity index (χ4v) is 4.60. The summed E-state index contributed by atoms with van der Waals surface area (Å²) in [6.45, 7) is 4.06. The van der Waals surface area contributed by atoms with Crippen LogP contribution in [0.2, 0.25) is 0 Å². The highest BCUT2D eigenvalue weighted by Gasteiger charge is 2.30. The number of anilines is 1. The third kappa shape index (κ3) is 3.44. The molecule has 1 saturated heterocycles. The van der Waals surface area contributed by atoms with Crippen molar-refractivity contribution in [2.45, 2.75) is 45.3 Å². The molecule has 2 unspecified atom stereocenters. The zero-order chi connectivity index (χ0) is 14.0. The summed E-state index contributed by atoms with van der Waals surface area (Å²) in [5.74, 6) is 0.